The minimum absolute atomic E-state index is 0.181. The summed E-state index contributed by atoms with van der Waals surface area (Å²) in [5.74, 6) is -2.05. The van der Waals surface area contributed by atoms with Gasteiger partial charge in [-0.15, -0.1) is 5.10 Å². The number of tetrazole rings is 1. The van der Waals surface area contributed by atoms with Crippen LogP contribution in [0.5, 0.6) is 0 Å². The van der Waals surface area contributed by atoms with Gasteiger partial charge in [0.2, 0.25) is 0 Å². The van der Waals surface area contributed by atoms with E-state index in [1.165, 1.54) is 16.9 Å². The van der Waals surface area contributed by atoms with Crippen LogP contribution in [-0.4, -0.2) is 36.3 Å². The average Bonchev–Trinajstić information content (AvgIpc) is 2.86. The molecule has 0 radical (unpaired) electrons. The molecule has 19 heavy (non-hydrogen) atoms. The van der Waals surface area contributed by atoms with E-state index in [-0.39, 0.29) is 11.4 Å². The van der Waals surface area contributed by atoms with Gasteiger partial charge in [0.15, 0.2) is 11.6 Å². The monoisotopic (exact) mass is 265 g/mol. The summed E-state index contributed by atoms with van der Waals surface area (Å²) in [6.07, 6.45) is 2.47. The van der Waals surface area contributed by atoms with Crippen molar-refractivity contribution in [2.24, 2.45) is 5.92 Å². The highest BCUT2D eigenvalue weighted by atomic mass is 19.1. The zero-order valence-corrected chi connectivity index (χ0v) is 10.4. The Morgan fingerprint density at radius 2 is 2.21 bits per heavy atom. The number of aromatic nitrogens is 5. The molecule has 2 heterocycles. The number of rotatable bonds is 4. The topological polar surface area (TPSA) is 93.8 Å². The fourth-order valence-electron chi connectivity index (χ4n) is 1.62. The molecule has 2 unspecified atom stereocenters. The lowest BCUT2D eigenvalue weighted by atomic mass is 10.0. The minimum Gasteiger partial charge on any atom is -0.481 e. The molecule has 0 aliphatic heterocycles. The van der Waals surface area contributed by atoms with Crippen LogP contribution in [0.15, 0.2) is 18.5 Å². The highest BCUT2D eigenvalue weighted by molar-refractivity contribution is 5.70. The molecule has 100 valence electrons. The summed E-state index contributed by atoms with van der Waals surface area (Å²) in [6.45, 7) is 3.21. The van der Waals surface area contributed by atoms with Crippen LogP contribution in [0.1, 0.15) is 19.9 Å². The quantitative estimate of drug-likeness (QED) is 0.891. The second-order valence-corrected chi connectivity index (χ2v) is 4.17. The first-order valence-corrected chi connectivity index (χ1v) is 5.63. The highest BCUT2D eigenvalue weighted by Gasteiger charge is 2.25. The molecule has 0 saturated heterocycles. The average molecular weight is 265 g/mol. The Bertz CT molecular complexity index is 600. The van der Waals surface area contributed by atoms with E-state index in [4.69, 9.17) is 5.11 Å². The molecular formula is C11H12FN5O2. The largest absolute Gasteiger partial charge is 0.481 e. The van der Waals surface area contributed by atoms with Crippen LogP contribution >= 0.6 is 0 Å². The molecule has 0 aliphatic carbocycles. The van der Waals surface area contributed by atoms with Crippen LogP contribution in [0.4, 0.5) is 4.39 Å². The van der Waals surface area contributed by atoms with Crippen molar-refractivity contribution < 1.29 is 14.3 Å². The molecule has 0 aliphatic rings. The summed E-state index contributed by atoms with van der Waals surface area (Å²) < 4.78 is 15.0. The number of carboxylic acid groups (broad SMARTS) is 1. The van der Waals surface area contributed by atoms with E-state index in [2.05, 4.69) is 20.5 Å². The van der Waals surface area contributed by atoms with Crippen molar-refractivity contribution in [1.29, 1.82) is 0 Å². The van der Waals surface area contributed by atoms with Gasteiger partial charge in [0.25, 0.3) is 0 Å². The van der Waals surface area contributed by atoms with Crippen molar-refractivity contribution in [3.8, 4) is 11.4 Å². The number of carbonyl (C=O) groups is 1. The molecule has 2 aromatic heterocycles. The van der Waals surface area contributed by atoms with E-state index in [0.29, 0.717) is 0 Å². The van der Waals surface area contributed by atoms with E-state index in [1.807, 2.05) is 0 Å². The van der Waals surface area contributed by atoms with Gasteiger partial charge in [-0.3, -0.25) is 9.78 Å². The first kappa shape index (κ1) is 13.1. The highest BCUT2D eigenvalue weighted by Crippen LogP contribution is 2.24. The normalized spacial score (nSPS) is 14.1. The molecule has 0 aromatic carbocycles. The van der Waals surface area contributed by atoms with Crippen molar-refractivity contribution in [2.45, 2.75) is 19.9 Å². The van der Waals surface area contributed by atoms with E-state index in [1.54, 1.807) is 13.8 Å². The first-order chi connectivity index (χ1) is 9.02. The van der Waals surface area contributed by atoms with E-state index < -0.39 is 23.7 Å². The summed E-state index contributed by atoms with van der Waals surface area (Å²) in [5.41, 5.74) is 0.185. The van der Waals surface area contributed by atoms with Gasteiger partial charge in [0.1, 0.15) is 0 Å². The number of aliphatic carboxylic acids is 1. The number of hydrogen-bond acceptors (Lipinski definition) is 5. The van der Waals surface area contributed by atoms with E-state index in [0.717, 1.165) is 6.20 Å². The SMILES string of the molecule is CC(C(=O)O)C(C)n1nnnc1-c1ccncc1F. The molecule has 0 amide bonds. The molecule has 0 fully saturated rings. The van der Waals surface area contributed by atoms with Gasteiger partial charge in [-0.2, -0.15) is 0 Å². The lowest BCUT2D eigenvalue weighted by Crippen LogP contribution is -2.23. The van der Waals surface area contributed by atoms with Crippen molar-refractivity contribution in [3.05, 3.63) is 24.3 Å². The predicted octanol–water partition coefficient (Wildman–Crippen LogP) is 1.16. The maximum atomic E-state index is 13.7. The van der Waals surface area contributed by atoms with Crippen LogP contribution in [-0.2, 0) is 4.79 Å². The molecule has 2 atom stereocenters. The Balaban J connectivity index is 2.44. The van der Waals surface area contributed by atoms with Gasteiger partial charge in [0.05, 0.1) is 23.7 Å². The summed E-state index contributed by atoms with van der Waals surface area (Å²) in [4.78, 5) is 14.6. The van der Waals surface area contributed by atoms with Crippen molar-refractivity contribution >= 4 is 5.97 Å². The second kappa shape index (κ2) is 5.09. The zero-order valence-electron chi connectivity index (χ0n) is 10.4. The van der Waals surface area contributed by atoms with Gasteiger partial charge in [-0.1, -0.05) is 0 Å². The van der Waals surface area contributed by atoms with Gasteiger partial charge in [0, 0.05) is 6.20 Å². The third-order valence-corrected chi connectivity index (χ3v) is 3.01. The Kier molecular flexibility index (Phi) is 3.50. The predicted molar refractivity (Wildman–Crippen MR) is 62.5 cm³/mol. The standard InChI is InChI=1S/C11H12FN5O2/c1-6(11(18)19)7(2)17-10(14-15-16-17)8-3-4-13-5-9(8)12/h3-7H,1-2H3,(H,18,19). The third kappa shape index (κ3) is 2.42. The van der Waals surface area contributed by atoms with E-state index >= 15 is 0 Å². The van der Waals surface area contributed by atoms with Crippen molar-refractivity contribution in [2.75, 3.05) is 0 Å². The Labute approximate surface area is 108 Å². The molecule has 8 heteroatoms. The Morgan fingerprint density at radius 3 is 2.84 bits per heavy atom. The summed E-state index contributed by atoms with van der Waals surface area (Å²) in [7, 11) is 0. The lowest BCUT2D eigenvalue weighted by molar-refractivity contribution is -0.142. The van der Waals surface area contributed by atoms with Crippen LogP contribution in [0, 0.1) is 11.7 Å². The zero-order chi connectivity index (χ0) is 14.0. The Hall–Kier alpha value is -2.38. The molecular weight excluding hydrogens is 253 g/mol. The van der Waals surface area contributed by atoms with Crippen LogP contribution in [0.25, 0.3) is 11.4 Å². The molecule has 0 saturated carbocycles. The lowest BCUT2D eigenvalue weighted by Gasteiger charge is -2.17. The van der Waals surface area contributed by atoms with Gasteiger partial charge in [-0.25, -0.2) is 9.07 Å². The molecule has 2 rings (SSSR count). The fourth-order valence-corrected chi connectivity index (χ4v) is 1.62. The number of nitrogens with zero attached hydrogens (tertiary/aromatic N) is 5. The fraction of sp³-hybridized carbons (Fsp3) is 0.364. The molecule has 1 N–H and O–H groups in total. The molecule has 0 bridgehead atoms. The maximum absolute atomic E-state index is 13.7. The number of halogens is 1. The number of hydrogen-bond donors (Lipinski definition) is 1. The molecule has 2 aromatic rings. The van der Waals surface area contributed by atoms with Crippen LogP contribution in [0.2, 0.25) is 0 Å². The number of pyridine rings is 1. The van der Waals surface area contributed by atoms with Crippen LogP contribution < -0.4 is 0 Å². The maximum Gasteiger partial charge on any atom is 0.308 e. The summed E-state index contributed by atoms with van der Waals surface area (Å²) in [6, 6.07) is 0.936. The molecule has 7 nitrogen and oxygen atoms in total. The smallest absolute Gasteiger partial charge is 0.308 e. The molecule has 0 spiro atoms. The minimum atomic E-state index is -0.968. The van der Waals surface area contributed by atoms with Crippen molar-refractivity contribution in [1.82, 2.24) is 25.2 Å². The number of carboxylic acids is 1. The third-order valence-electron chi connectivity index (χ3n) is 3.01. The summed E-state index contributed by atoms with van der Waals surface area (Å²) >= 11 is 0. The summed E-state index contributed by atoms with van der Waals surface area (Å²) in [5, 5.41) is 20.0. The van der Waals surface area contributed by atoms with Crippen LogP contribution in [0.3, 0.4) is 0 Å². The second-order valence-electron chi connectivity index (χ2n) is 4.17. The van der Waals surface area contributed by atoms with Gasteiger partial charge in [-0.05, 0) is 30.3 Å². The first-order valence-electron chi connectivity index (χ1n) is 5.63. The van der Waals surface area contributed by atoms with Gasteiger partial charge >= 0.3 is 5.97 Å². The van der Waals surface area contributed by atoms with Gasteiger partial charge < -0.3 is 5.11 Å². The Morgan fingerprint density at radius 1 is 1.47 bits per heavy atom. The van der Waals surface area contributed by atoms with E-state index in [9.17, 15) is 9.18 Å². The van der Waals surface area contributed by atoms with Crippen molar-refractivity contribution in [3.63, 3.8) is 0 Å².